The first-order valence-corrected chi connectivity index (χ1v) is 4.80. The fourth-order valence-electron chi connectivity index (χ4n) is 1.28. The van der Waals surface area contributed by atoms with Gasteiger partial charge in [-0.2, -0.15) is 4.39 Å². The molecule has 0 radical (unpaired) electrons. The molecule has 0 atom stereocenters. The molecule has 0 aromatic carbocycles. The number of nitrogens with zero attached hydrogens (tertiary/aromatic N) is 2. The minimum atomic E-state index is -5.18. The van der Waals surface area contributed by atoms with E-state index in [4.69, 9.17) is 0 Å². The van der Waals surface area contributed by atoms with E-state index in [0.29, 0.717) is 6.20 Å². The number of carbonyl (C=O) groups excluding carboxylic acids is 1. The lowest BCUT2D eigenvalue weighted by Crippen LogP contribution is -2.20. The average Bonchev–Trinajstić information content (AvgIpc) is 2.30. The lowest BCUT2D eigenvalue weighted by Gasteiger charge is -2.12. The summed E-state index contributed by atoms with van der Waals surface area (Å²) in [6, 6.07) is 0. The number of hydrogen-bond acceptors (Lipinski definition) is 6. The Morgan fingerprint density at radius 1 is 1.50 bits per heavy atom. The van der Waals surface area contributed by atoms with Crippen molar-refractivity contribution < 1.29 is 36.8 Å². The van der Waals surface area contributed by atoms with Crippen molar-refractivity contribution in [2.75, 3.05) is 7.11 Å². The summed E-state index contributed by atoms with van der Waals surface area (Å²) in [5.41, 5.74) is -2.29. The molecule has 0 fully saturated rings. The van der Waals surface area contributed by atoms with E-state index >= 15 is 0 Å². The molecule has 1 heterocycles. The van der Waals surface area contributed by atoms with E-state index in [0.717, 1.165) is 7.11 Å². The molecule has 1 aromatic heterocycles. The summed E-state index contributed by atoms with van der Waals surface area (Å²) < 4.78 is 57.3. The summed E-state index contributed by atoms with van der Waals surface area (Å²) in [4.78, 5) is 23.2. The van der Waals surface area contributed by atoms with Crippen LogP contribution in [0.15, 0.2) is 6.20 Å². The van der Waals surface area contributed by atoms with Gasteiger partial charge < -0.3 is 9.47 Å². The second-order valence-electron chi connectivity index (χ2n) is 3.30. The molecule has 0 bridgehead atoms. The van der Waals surface area contributed by atoms with E-state index in [1.165, 1.54) is 0 Å². The van der Waals surface area contributed by atoms with E-state index in [1.807, 2.05) is 0 Å². The van der Waals surface area contributed by atoms with Crippen LogP contribution in [-0.2, 0) is 16.0 Å². The smallest absolute Gasteiger partial charge is 0.469 e. The SMILES string of the molecule is COC(=O)Cc1c(OC(F)(F)F)cnc(F)c1[N+](=O)[O-]. The van der Waals surface area contributed by atoms with Crippen molar-refractivity contribution in [3.8, 4) is 5.75 Å². The average molecular weight is 298 g/mol. The van der Waals surface area contributed by atoms with Gasteiger partial charge >= 0.3 is 18.0 Å². The summed E-state index contributed by atoms with van der Waals surface area (Å²) in [7, 11) is 0.913. The van der Waals surface area contributed by atoms with Gasteiger partial charge in [0.15, 0.2) is 5.75 Å². The normalized spacial score (nSPS) is 11.1. The Morgan fingerprint density at radius 3 is 2.55 bits per heavy atom. The zero-order chi connectivity index (χ0) is 15.5. The molecular formula is C9H6F4N2O5. The predicted molar refractivity (Wildman–Crippen MR) is 53.3 cm³/mol. The number of alkyl halides is 3. The van der Waals surface area contributed by atoms with Crippen LogP contribution in [-0.4, -0.2) is 29.3 Å². The number of pyridine rings is 1. The zero-order valence-corrected chi connectivity index (χ0v) is 9.73. The topological polar surface area (TPSA) is 91.6 Å². The van der Waals surface area contributed by atoms with E-state index in [1.54, 1.807) is 0 Å². The highest BCUT2D eigenvalue weighted by atomic mass is 19.4. The summed E-state index contributed by atoms with van der Waals surface area (Å²) in [6.45, 7) is 0. The predicted octanol–water partition coefficient (Wildman–Crippen LogP) is 1.74. The molecule has 110 valence electrons. The molecule has 0 spiro atoms. The molecule has 0 saturated carbocycles. The van der Waals surface area contributed by atoms with Gasteiger partial charge in [-0.1, -0.05) is 0 Å². The van der Waals surface area contributed by atoms with Crippen molar-refractivity contribution >= 4 is 11.7 Å². The Hall–Kier alpha value is -2.46. The van der Waals surface area contributed by atoms with Crippen molar-refractivity contribution in [2.45, 2.75) is 12.8 Å². The van der Waals surface area contributed by atoms with Crippen LogP contribution in [0.25, 0.3) is 0 Å². The Balaban J connectivity index is 3.39. The maximum Gasteiger partial charge on any atom is 0.573 e. The number of methoxy groups -OCH3 is 1. The number of carbonyl (C=O) groups is 1. The van der Waals surface area contributed by atoms with E-state index in [9.17, 15) is 32.5 Å². The molecule has 0 amide bonds. The highest BCUT2D eigenvalue weighted by Crippen LogP contribution is 2.33. The van der Waals surface area contributed by atoms with E-state index in [-0.39, 0.29) is 0 Å². The van der Waals surface area contributed by atoms with Crippen LogP contribution in [0, 0.1) is 16.1 Å². The number of hydrogen-bond donors (Lipinski definition) is 0. The molecule has 1 rings (SSSR count). The minimum absolute atomic E-state index is 0.300. The summed E-state index contributed by atoms with van der Waals surface area (Å²) >= 11 is 0. The Bertz CT molecular complexity index is 546. The van der Waals surface area contributed by atoms with Gasteiger partial charge in [0.2, 0.25) is 0 Å². The lowest BCUT2D eigenvalue weighted by atomic mass is 10.1. The zero-order valence-electron chi connectivity index (χ0n) is 9.73. The number of nitro groups is 1. The van der Waals surface area contributed by atoms with Gasteiger partial charge in [-0.3, -0.25) is 14.9 Å². The molecule has 7 nitrogen and oxygen atoms in total. The number of ether oxygens (including phenoxy) is 2. The van der Waals surface area contributed by atoms with Crippen molar-refractivity contribution in [1.29, 1.82) is 0 Å². The first kappa shape index (κ1) is 15.6. The van der Waals surface area contributed by atoms with Gasteiger partial charge in [0, 0.05) is 0 Å². The summed E-state index contributed by atoms with van der Waals surface area (Å²) in [5, 5.41) is 10.7. The third-order valence-electron chi connectivity index (χ3n) is 2.03. The summed E-state index contributed by atoms with van der Waals surface area (Å²) in [5.74, 6) is -3.88. The quantitative estimate of drug-likeness (QED) is 0.276. The Kier molecular flexibility index (Phi) is 4.42. The monoisotopic (exact) mass is 298 g/mol. The highest BCUT2D eigenvalue weighted by Gasteiger charge is 2.36. The maximum absolute atomic E-state index is 13.2. The molecule has 0 aliphatic heterocycles. The second kappa shape index (κ2) is 5.67. The van der Waals surface area contributed by atoms with Crippen LogP contribution in [0.2, 0.25) is 0 Å². The van der Waals surface area contributed by atoms with Gasteiger partial charge in [-0.25, -0.2) is 4.98 Å². The molecule has 11 heteroatoms. The van der Waals surface area contributed by atoms with Crippen LogP contribution in [0.5, 0.6) is 5.75 Å². The minimum Gasteiger partial charge on any atom is -0.469 e. The summed E-state index contributed by atoms with van der Waals surface area (Å²) in [6.07, 6.45) is -5.86. The molecule has 0 N–H and O–H groups in total. The molecule has 20 heavy (non-hydrogen) atoms. The molecular weight excluding hydrogens is 292 g/mol. The first-order valence-electron chi connectivity index (χ1n) is 4.80. The highest BCUT2D eigenvalue weighted by molar-refractivity contribution is 5.75. The van der Waals surface area contributed by atoms with Gasteiger partial charge in [-0.05, 0) is 0 Å². The first-order chi connectivity index (χ1) is 9.15. The van der Waals surface area contributed by atoms with Crippen LogP contribution in [0.1, 0.15) is 5.56 Å². The largest absolute Gasteiger partial charge is 0.573 e. The molecule has 1 aromatic rings. The van der Waals surface area contributed by atoms with E-state index < -0.39 is 46.6 Å². The van der Waals surface area contributed by atoms with Gasteiger partial charge in [0.25, 0.3) is 5.95 Å². The third-order valence-corrected chi connectivity index (χ3v) is 2.03. The van der Waals surface area contributed by atoms with Crippen molar-refractivity contribution in [1.82, 2.24) is 4.98 Å². The standard InChI is InChI=1S/C9H6F4N2O5/c1-19-6(16)2-4-5(20-9(11,12)13)3-14-8(10)7(4)15(17)18/h3H,2H2,1H3. The van der Waals surface area contributed by atoms with Crippen molar-refractivity contribution in [2.24, 2.45) is 0 Å². The van der Waals surface area contributed by atoms with Gasteiger partial charge in [-0.15, -0.1) is 13.2 Å². The molecule has 0 saturated heterocycles. The van der Waals surface area contributed by atoms with Crippen LogP contribution in [0.4, 0.5) is 23.2 Å². The number of esters is 1. The van der Waals surface area contributed by atoms with Crippen molar-refractivity contribution in [3.05, 3.63) is 27.8 Å². The Morgan fingerprint density at radius 2 is 2.10 bits per heavy atom. The maximum atomic E-state index is 13.2. The van der Waals surface area contributed by atoms with Gasteiger partial charge in [0.1, 0.15) is 0 Å². The third kappa shape index (κ3) is 3.76. The lowest BCUT2D eigenvalue weighted by molar-refractivity contribution is -0.389. The molecule has 0 unspecified atom stereocenters. The van der Waals surface area contributed by atoms with Gasteiger partial charge in [0.05, 0.1) is 30.2 Å². The fraction of sp³-hybridized carbons (Fsp3) is 0.333. The van der Waals surface area contributed by atoms with Crippen LogP contribution < -0.4 is 4.74 Å². The molecule has 0 aliphatic rings. The van der Waals surface area contributed by atoms with Crippen LogP contribution in [0.3, 0.4) is 0 Å². The fourth-order valence-corrected chi connectivity index (χ4v) is 1.28. The van der Waals surface area contributed by atoms with Crippen LogP contribution >= 0.6 is 0 Å². The second-order valence-corrected chi connectivity index (χ2v) is 3.30. The number of halogens is 4. The number of aromatic nitrogens is 1. The van der Waals surface area contributed by atoms with Crippen molar-refractivity contribution in [3.63, 3.8) is 0 Å². The number of rotatable bonds is 4. The Labute approximate surface area is 108 Å². The molecule has 0 aliphatic carbocycles. The van der Waals surface area contributed by atoms with E-state index in [2.05, 4.69) is 14.5 Å².